The fourth-order valence-corrected chi connectivity index (χ4v) is 11.3. The van der Waals surface area contributed by atoms with Crippen molar-refractivity contribution in [2.75, 3.05) is 52.8 Å². The normalized spacial score (nSPS) is 49.0. The molecule has 14 bridgehead atoms. The number of aliphatic hydroxyl groups is 21. The summed E-state index contributed by atoms with van der Waals surface area (Å²) in [6, 6.07) is 0. The minimum Gasteiger partial charge on any atom is -0.394 e. The van der Waals surface area contributed by atoms with Crippen molar-refractivity contribution >= 4 is 11.9 Å². The summed E-state index contributed by atoms with van der Waals surface area (Å²) in [6.07, 6.45) is -65.6. The molecule has 0 radical (unpaired) electrons. The molecule has 21 rings (SSSR count). The maximum absolute atomic E-state index is 11.3. The van der Waals surface area contributed by atoms with E-state index >= 15 is 0 Å². The van der Waals surface area contributed by atoms with Gasteiger partial charge in [-0.1, -0.05) is 26.2 Å². The summed E-state index contributed by atoms with van der Waals surface area (Å²) in [6.45, 7) is -4.47. The molecule has 0 unspecified atom stereocenters. The molecular weight excluding hydrogens is 1230 g/mol. The number of rotatable bonds is 12. The molecular formula is C50H89N5O35. The third kappa shape index (κ3) is 16.8. The largest absolute Gasteiger partial charge is 0.394 e. The lowest BCUT2D eigenvalue weighted by molar-refractivity contribution is -0.396. The summed E-state index contributed by atoms with van der Waals surface area (Å²) in [5.74, 6) is 0.117. The Morgan fingerprint density at radius 2 is 0.467 bits per heavy atom. The third-order valence-corrected chi connectivity index (χ3v) is 16.3. The molecule has 21 aliphatic heterocycles. The van der Waals surface area contributed by atoms with Gasteiger partial charge in [0, 0.05) is 6.54 Å². The third-order valence-electron chi connectivity index (χ3n) is 16.3. The van der Waals surface area contributed by atoms with Crippen LogP contribution in [0.15, 0.2) is 9.98 Å². The van der Waals surface area contributed by atoms with Gasteiger partial charge in [0.1, 0.15) is 171 Å². The molecule has 90 heavy (non-hydrogen) atoms. The Labute approximate surface area is 512 Å². The van der Waals surface area contributed by atoms with Gasteiger partial charge in [0.05, 0.1) is 46.2 Å². The number of nitrogens with two attached hydrogens (primary N) is 3. The van der Waals surface area contributed by atoms with Gasteiger partial charge in [0.25, 0.3) is 0 Å². The molecule has 27 N–H and O–H groups in total. The van der Waals surface area contributed by atoms with Crippen molar-refractivity contribution in [2.45, 2.75) is 248 Å². The van der Waals surface area contributed by atoms with E-state index in [-0.39, 0.29) is 11.9 Å². The van der Waals surface area contributed by atoms with Crippen LogP contribution >= 0.6 is 0 Å². The van der Waals surface area contributed by atoms with E-state index in [1.807, 2.05) is 0 Å². The average molecular weight is 1320 g/mol. The Hall–Kier alpha value is -2.66. The molecule has 21 fully saturated rings. The molecule has 21 aliphatic rings. The lowest BCUT2D eigenvalue weighted by Gasteiger charge is -2.50. The van der Waals surface area contributed by atoms with Crippen LogP contribution in [0, 0.1) is 0 Å². The number of hydrogen-bond donors (Lipinski definition) is 24. The monoisotopic (exact) mass is 1320 g/mol. The molecule has 21 saturated heterocycles. The molecule has 0 amide bonds. The van der Waals surface area contributed by atoms with Gasteiger partial charge in [-0.15, -0.1) is 0 Å². The van der Waals surface area contributed by atoms with E-state index in [4.69, 9.17) is 83.5 Å². The highest BCUT2D eigenvalue weighted by molar-refractivity contribution is 5.92. The van der Waals surface area contributed by atoms with Crippen molar-refractivity contribution in [3.05, 3.63) is 0 Å². The fraction of sp³-hybridized carbons (Fsp3) is 0.960. The van der Waals surface area contributed by atoms with Gasteiger partial charge in [0.2, 0.25) is 5.96 Å². The summed E-state index contributed by atoms with van der Waals surface area (Å²) in [4.78, 5) is 7.58. The van der Waals surface area contributed by atoms with Crippen LogP contribution in [-0.2, 0) is 66.3 Å². The summed E-state index contributed by atoms with van der Waals surface area (Å²) in [7, 11) is 0. The van der Waals surface area contributed by atoms with Gasteiger partial charge < -0.3 is 191 Å². The lowest BCUT2D eigenvalue weighted by atomic mass is 9.95. The Kier molecular flexibility index (Phi) is 28.1. The number of guanidine groups is 2. The highest BCUT2D eigenvalue weighted by Crippen LogP contribution is 2.39. The number of unbranched alkanes of at least 4 members (excludes halogenated alkanes) is 3. The van der Waals surface area contributed by atoms with Crippen molar-refractivity contribution in [3.8, 4) is 0 Å². The predicted molar refractivity (Wildman–Crippen MR) is 285 cm³/mol. The van der Waals surface area contributed by atoms with E-state index in [0.717, 1.165) is 6.42 Å². The smallest absolute Gasteiger partial charge is 0.218 e. The maximum atomic E-state index is 11.3. The molecule has 0 aromatic carbocycles. The average Bonchev–Trinajstić information content (AvgIpc) is 1.43. The zero-order valence-electron chi connectivity index (χ0n) is 48.4. The van der Waals surface area contributed by atoms with Crippen LogP contribution in [0.4, 0.5) is 0 Å². The van der Waals surface area contributed by atoms with Crippen LogP contribution < -0.4 is 17.2 Å². The van der Waals surface area contributed by atoms with Gasteiger partial charge in [-0.05, 0) is 6.42 Å². The van der Waals surface area contributed by atoms with Crippen molar-refractivity contribution in [1.82, 2.24) is 0 Å². The molecule has 0 spiro atoms. The molecule has 0 aliphatic carbocycles. The Morgan fingerprint density at radius 1 is 0.278 bits per heavy atom. The minimum atomic E-state index is -2.21. The van der Waals surface area contributed by atoms with Crippen LogP contribution in [-0.4, -0.2) is 387 Å². The predicted octanol–water partition coefficient (Wildman–Crippen LogP) is -15.1. The second kappa shape index (κ2) is 33.8. The quantitative estimate of drug-likeness (QED) is 0.0490. The van der Waals surface area contributed by atoms with Crippen LogP contribution in [0.25, 0.3) is 0 Å². The van der Waals surface area contributed by atoms with E-state index in [0.29, 0.717) is 6.54 Å². The summed E-state index contributed by atoms with van der Waals surface area (Å²) < 4.78 is 79.5. The van der Waals surface area contributed by atoms with Crippen molar-refractivity contribution < 1.29 is 174 Å². The SMILES string of the molecule is CCCCCCN=C(N)N=C(N)N.OC[C@H]1O[C@@H]2O[C@H]3[C@H](O)[C@@H](O)[C@@H](O[C@H]4[C@H](O)[C@@H](O)[C@@H](O[C@H]5[C@H](O)[C@@H](O)[C@@H](O[C@H]6[C@H](O)[C@@H](O)[C@@H](O[C@H]7[C@H](O)[C@@H](O)[C@@H](O[C@H]8[C@H](O)[C@@H](O)[C@@H](O[C@H]1[C@H](O)[C@H]2O)O[C@@H]8CO)O[C@@H]7CO)O[C@@H]6CO)O[C@@H]5CO)O[C@@H]4CO)O[C@@H]3CO. The van der Waals surface area contributed by atoms with E-state index in [2.05, 4.69) is 16.9 Å². The van der Waals surface area contributed by atoms with E-state index in [1.165, 1.54) is 19.3 Å². The van der Waals surface area contributed by atoms with Crippen LogP contribution in [0.5, 0.6) is 0 Å². The van der Waals surface area contributed by atoms with Gasteiger partial charge in [-0.2, -0.15) is 4.99 Å². The molecule has 0 aromatic rings. The first-order chi connectivity index (χ1) is 42.8. The number of hydrogen-bond acceptors (Lipinski definition) is 36. The standard InChI is InChI=1S/C42H70O35.C8H19N5/c43-1-8-29-15(50)22(57)36(64-8)72-30-9(2-44)66-38(24(59)17(30)52)74-32-11(4-46)68-40(26(61)19(32)54)76-34-13(6-48)70-42(28(63)21(34)56)77-35-14(7-49)69-41(27(62)20(35)55)75-33-12(5-47)67-39(25(60)18(33)53)73-31-10(3-45)65-37(71-29)23(58)16(31)51;1-2-3-4-5-6-12-8(11)13-7(9)10/h8-63H,1-7H2;2-6H2,1H3,(H6,9,10,11,12,13)/t8-,9-,10-,11-,12-,13-,14-,15-,16-,17-,18-,19-,20-,21-,22-,23-,24-,25-,26-,27-,28-,29-,30-,31-,32-,33-,34-,35-,36-,37-,38-,39-,40-,41-,42-;/m1./s1. The number of nitrogens with zero attached hydrogens (tertiary/aromatic N) is 2. The summed E-state index contributed by atoms with van der Waals surface area (Å²) in [5, 5.41) is 230. The Balaban J connectivity index is 0.000000794. The van der Waals surface area contributed by atoms with E-state index in [9.17, 15) is 107 Å². The molecule has 21 heterocycles. The second-order valence-electron chi connectivity index (χ2n) is 22.5. The zero-order valence-corrected chi connectivity index (χ0v) is 48.4. The topological polar surface area (TPSA) is 657 Å². The first-order valence-corrected chi connectivity index (χ1v) is 29.2. The first kappa shape index (κ1) is 74.7. The maximum Gasteiger partial charge on any atom is 0.218 e. The van der Waals surface area contributed by atoms with Crippen LogP contribution in [0.2, 0.25) is 0 Å². The number of aliphatic imine (C=N–C) groups is 2. The van der Waals surface area contributed by atoms with E-state index in [1.54, 1.807) is 0 Å². The van der Waals surface area contributed by atoms with Crippen molar-refractivity contribution in [3.63, 3.8) is 0 Å². The molecule has 40 nitrogen and oxygen atoms in total. The van der Waals surface area contributed by atoms with Crippen molar-refractivity contribution in [1.29, 1.82) is 0 Å². The highest BCUT2D eigenvalue weighted by atomic mass is 16.8. The second-order valence-corrected chi connectivity index (χ2v) is 22.5. The summed E-state index contributed by atoms with van der Waals surface area (Å²) >= 11 is 0. The lowest BCUT2D eigenvalue weighted by Crippen LogP contribution is -2.68. The molecule has 40 heteroatoms. The highest BCUT2D eigenvalue weighted by Gasteiger charge is 2.59. The van der Waals surface area contributed by atoms with Gasteiger partial charge in [0.15, 0.2) is 50.0 Å². The molecule has 524 valence electrons. The first-order valence-electron chi connectivity index (χ1n) is 29.2. The van der Waals surface area contributed by atoms with Gasteiger partial charge in [-0.25, -0.2) is 0 Å². The van der Waals surface area contributed by atoms with Gasteiger partial charge in [-0.3, -0.25) is 4.99 Å². The molecule has 0 aromatic heterocycles. The minimum absolute atomic E-state index is 0.0465. The van der Waals surface area contributed by atoms with Crippen LogP contribution in [0.1, 0.15) is 32.6 Å². The Morgan fingerprint density at radius 3 is 0.622 bits per heavy atom. The molecule has 0 saturated carbocycles. The van der Waals surface area contributed by atoms with Crippen LogP contribution in [0.3, 0.4) is 0 Å². The number of aliphatic hydroxyl groups excluding tert-OH is 21. The zero-order chi connectivity index (χ0) is 66.2. The van der Waals surface area contributed by atoms with Crippen molar-refractivity contribution in [2.24, 2.45) is 27.2 Å². The molecule has 35 atom stereocenters. The Bertz CT molecular complexity index is 1840. The summed E-state index contributed by atoms with van der Waals surface area (Å²) in [5.41, 5.74) is 15.6. The van der Waals surface area contributed by atoms with E-state index < -0.39 is 261 Å². The van der Waals surface area contributed by atoms with Gasteiger partial charge >= 0.3 is 0 Å². The number of ether oxygens (including phenoxy) is 14. The fourth-order valence-electron chi connectivity index (χ4n) is 11.3.